The molecule has 1 N–H and O–H groups in total. The van der Waals surface area contributed by atoms with Crippen LogP contribution in [0.3, 0.4) is 0 Å². The summed E-state index contributed by atoms with van der Waals surface area (Å²) in [7, 11) is -3.21. The molecule has 146 valence electrons. The van der Waals surface area contributed by atoms with Gasteiger partial charge < -0.3 is 5.32 Å². The number of anilines is 1. The number of benzene rings is 1. The highest BCUT2D eigenvalue weighted by Gasteiger charge is 2.29. The molecule has 2 heterocycles. The number of carbonyl (C=O) groups excluding carboxylic acids is 1. The third kappa shape index (κ3) is 5.47. The van der Waals surface area contributed by atoms with Crippen LogP contribution in [0, 0.1) is 11.7 Å². The molecule has 0 atom stereocenters. The number of nitrogens with zero attached hydrogens (tertiary/aromatic N) is 3. The highest BCUT2D eigenvalue weighted by atomic mass is 32.2. The summed E-state index contributed by atoms with van der Waals surface area (Å²) in [5.74, 6) is -0.256. The Balaban J connectivity index is 1.50. The van der Waals surface area contributed by atoms with Gasteiger partial charge in [0.15, 0.2) is 4.34 Å². The maximum Gasteiger partial charge on any atom is 0.229 e. The number of thioether (sulfide) groups is 1. The molecule has 27 heavy (non-hydrogen) atoms. The van der Waals surface area contributed by atoms with Crippen molar-refractivity contribution in [2.75, 3.05) is 24.7 Å². The zero-order chi connectivity index (χ0) is 19.4. The van der Waals surface area contributed by atoms with E-state index in [2.05, 4.69) is 15.5 Å². The number of sulfonamides is 1. The first-order valence-corrected chi connectivity index (χ1v) is 11.9. The van der Waals surface area contributed by atoms with Crippen LogP contribution in [-0.2, 0) is 20.6 Å². The van der Waals surface area contributed by atoms with Gasteiger partial charge in [0.05, 0.1) is 6.26 Å². The fourth-order valence-electron chi connectivity index (χ4n) is 2.73. The van der Waals surface area contributed by atoms with Gasteiger partial charge in [-0.2, -0.15) is 0 Å². The van der Waals surface area contributed by atoms with Crippen molar-refractivity contribution in [3.63, 3.8) is 0 Å². The number of aromatic nitrogens is 2. The highest BCUT2D eigenvalue weighted by Crippen LogP contribution is 2.29. The molecule has 0 aliphatic carbocycles. The van der Waals surface area contributed by atoms with Crippen molar-refractivity contribution in [2.24, 2.45) is 5.92 Å². The molecule has 1 aromatic carbocycles. The molecule has 7 nitrogen and oxygen atoms in total. The first-order chi connectivity index (χ1) is 12.8. The number of hydrogen-bond donors (Lipinski definition) is 1. The Morgan fingerprint density at radius 3 is 2.70 bits per heavy atom. The molecular formula is C16H19FN4O3S3. The minimum atomic E-state index is -3.21. The van der Waals surface area contributed by atoms with Gasteiger partial charge in [0.2, 0.25) is 21.1 Å². The van der Waals surface area contributed by atoms with Crippen molar-refractivity contribution in [2.45, 2.75) is 22.9 Å². The van der Waals surface area contributed by atoms with Crippen LogP contribution in [0.1, 0.15) is 18.4 Å². The van der Waals surface area contributed by atoms with Crippen molar-refractivity contribution in [3.05, 3.63) is 35.6 Å². The molecule has 2 aromatic rings. The average Bonchev–Trinajstić information content (AvgIpc) is 3.08. The van der Waals surface area contributed by atoms with Crippen molar-refractivity contribution >= 4 is 44.2 Å². The topological polar surface area (TPSA) is 92.3 Å². The van der Waals surface area contributed by atoms with E-state index in [1.54, 1.807) is 18.2 Å². The third-order valence-electron chi connectivity index (χ3n) is 4.24. The van der Waals surface area contributed by atoms with Crippen LogP contribution in [0.5, 0.6) is 0 Å². The van der Waals surface area contributed by atoms with Gasteiger partial charge in [-0.3, -0.25) is 4.79 Å². The molecule has 0 bridgehead atoms. The lowest BCUT2D eigenvalue weighted by molar-refractivity contribution is -0.120. The van der Waals surface area contributed by atoms with Gasteiger partial charge >= 0.3 is 0 Å². The van der Waals surface area contributed by atoms with E-state index in [-0.39, 0.29) is 17.6 Å². The van der Waals surface area contributed by atoms with E-state index < -0.39 is 10.0 Å². The summed E-state index contributed by atoms with van der Waals surface area (Å²) < 4.78 is 38.7. The Kier molecular flexibility index (Phi) is 6.45. The lowest BCUT2D eigenvalue weighted by atomic mass is 9.97. The van der Waals surface area contributed by atoms with Crippen LogP contribution in [0.4, 0.5) is 9.52 Å². The molecule has 3 rings (SSSR count). The van der Waals surface area contributed by atoms with Crippen LogP contribution in [-0.4, -0.2) is 48.2 Å². The quantitative estimate of drug-likeness (QED) is 0.559. The molecule has 0 saturated carbocycles. The molecule has 11 heteroatoms. The highest BCUT2D eigenvalue weighted by molar-refractivity contribution is 8.00. The first-order valence-electron chi connectivity index (χ1n) is 8.28. The summed E-state index contributed by atoms with van der Waals surface area (Å²) in [6.45, 7) is 0.688. The van der Waals surface area contributed by atoms with Crippen molar-refractivity contribution in [3.8, 4) is 0 Å². The lowest BCUT2D eigenvalue weighted by Crippen LogP contribution is -2.40. The number of carbonyl (C=O) groups is 1. The Hall–Kier alpha value is -1.56. The molecule has 1 fully saturated rings. The van der Waals surface area contributed by atoms with Crippen molar-refractivity contribution in [1.82, 2.24) is 14.5 Å². The second kappa shape index (κ2) is 8.63. The number of nitrogens with one attached hydrogen (secondary N) is 1. The molecule has 1 amide bonds. The van der Waals surface area contributed by atoms with Gasteiger partial charge in [-0.25, -0.2) is 17.1 Å². The fraction of sp³-hybridized carbons (Fsp3) is 0.438. The van der Waals surface area contributed by atoms with Crippen LogP contribution >= 0.6 is 23.1 Å². The molecule has 0 unspecified atom stereocenters. The molecule has 0 radical (unpaired) electrons. The summed E-state index contributed by atoms with van der Waals surface area (Å²) in [5.41, 5.74) is 0.584. The maximum atomic E-state index is 13.6. The van der Waals surface area contributed by atoms with E-state index in [0.29, 0.717) is 46.7 Å². The van der Waals surface area contributed by atoms with Crippen LogP contribution in [0.2, 0.25) is 0 Å². The van der Waals surface area contributed by atoms with E-state index in [1.165, 1.54) is 39.7 Å². The van der Waals surface area contributed by atoms with Crippen LogP contribution < -0.4 is 5.32 Å². The number of amides is 1. The normalized spacial score (nSPS) is 16.4. The fourth-order valence-corrected chi connectivity index (χ4v) is 5.35. The smallest absolute Gasteiger partial charge is 0.229 e. The van der Waals surface area contributed by atoms with Gasteiger partial charge in [0, 0.05) is 24.8 Å². The monoisotopic (exact) mass is 430 g/mol. The second-order valence-electron chi connectivity index (χ2n) is 6.18. The number of piperidine rings is 1. The summed E-state index contributed by atoms with van der Waals surface area (Å²) in [6, 6.07) is 6.55. The van der Waals surface area contributed by atoms with Crippen molar-refractivity contribution < 1.29 is 17.6 Å². The summed E-state index contributed by atoms with van der Waals surface area (Å²) >= 11 is 2.59. The molecule has 1 aliphatic rings. The minimum absolute atomic E-state index is 0.176. The number of halogens is 1. The predicted molar refractivity (Wildman–Crippen MR) is 104 cm³/mol. The zero-order valence-corrected chi connectivity index (χ0v) is 17.0. The van der Waals surface area contributed by atoms with Gasteiger partial charge in [-0.1, -0.05) is 41.3 Å². The Morgan fingerprint density at radius 2 is 2.04 bits per heavy atom. The van der Waals surface area contributed by atoms with Gasteiger partial charge in [0.25, 0.3) is 0 Å². The summed E-state index contributed by atoms with van der Waals surface area (Å²) in [6.07, 6.45) is 2.13. The molecule has 1 aliphatic heterocycles. The Labute approximate surface area is 165 Å². The standard InChI is InChI=1S/C16H19FN4O3S3/c1-27(23,24)21-8-6-11(7-9-21)14(22)18-15-19-20-16(26-15)25-10-12-4-2-3-5-13(12)17/h2-5,11H,6-10H2,1H3,(H,18,19,22). The van der Waals surface area contributed by atoms with Gasteiger partial charge in [-0.05, 0) is 24.5 Å². The number of rotatable bonds is 6. The van der Waals surface area contributed by atoms with Gasteiger partial charge in [-0.15, -0.1) is 10.2 Å². The Bertz CT molecular complexity index is 911. The lowest BCUT2D eigenvalue weighted by Gasteiger charge is -2.29. The van der Waals surface area contributed by atoms with Crippen LogP contribution in [0.15, 0.2) is 28.6 Å². The van der Waals surface area contributed by atoms with E-state index in [1.807, 2.05) is 0 Å². The van der Waals surface area contributed by atoms with E-state index in [0.717, 1.165) is 0 Å². The third-order valence-corrected chi connectivity index (χ3v) is 7.56. The molecule has 0 spiro atoms. The maximum absolute atomic E-state index is 13.6. The SMILES string of the molecule is CS(=O)(=O)N1CCC(C(=O)Nc2nnc(SCc3ccccc3F)s2)CC1. The van der Waals surface area contributed by atoms with E-state index >= 15 is 0 Å². The molecule has 1 aromatic heterocycles. The Morgan fingerprint density at radius 1 is 1.33 bits per heavy atom. The summed E-state index contributed by atoms with van der Waals surface area (Å²) in [4.78, 5) is 12.4. The average molecular weight is 431 g/mol. The zero-order valence-electron chi connectivity index (χ0n) is 14.6. The molecule has 1 saturated heterocycles. The minimum Gasteiger partial charge on any atom is -0.300 e. The van der Waals surface area contributed by atoms with Gasteiger partial charge in [0.1, 0.15) is 5.82 Å². The van der Waals surface area contributed by atoms with Crippen LogP contribution in [0.25, 0.3) is 0 Å². The number of hydrogen-bond acceptors (Lipinski definition) is 7. The summed E-state index contributed by atoms with van der Waals surface area (Å²) in [5, 5.41) is 11.1. The predicted octanol–water partition coefficient (Wildman–Crippen LogP) is 2.58. The van der Waals surface area contributed by atoms with E-state index in [9.17, 15) is 17.6 Å². The van der Waals surface area contributed by atoms with Crippen molar-refractivity contribution in [1.29, 1.82) is 0 Å². The first kappa shape index (κ1) is 20.2. The van der Waals surface area contributed by atoms with E-state index in [4.69, 9.17) is 0 Å². The second-order valence-corrected chi connectivity index (χ2v) is 10.4. The molecular weight excluding hydrogens is 411 g/mol. The largest absolute Gasteiger partial charge is 0.300 e.